The molecule has 0 aliphatic rings. The summed E-state index contributed by atoms with van der Waals surface area (Å²) in [5.74, 6) is 1.49. The Morgan fingerprint density at radius 2 is 2.07 bits per heavy atom. The van der Waals surface area contributed by atoms with Gasteiger partial charge in [0, 0.05) is 42.0 Å². The molecular weight excluding hydrogens is 396 g/mol. The minimum absolute atomic E-state index is 0.0204. The zero-order chi connectivity index (χ0) is 19.9. The van der Waals surface area contributed by atoms with Crippen molar-refractivity contribution in [2.45, 2.75) is 39.3 Å². The molecule has 28 heavy (non-hydrogen) atoms. The zero-order valence-electron chi connectivity index (χ0n) is 15.9. The predicted molar refractivity (Wildman–Crippen MR) is 112 cm³/mol. The van der Waals surface area contributed by atoms with Gasteiger partial charge in [-0.25, -0.2) is 4.98 Å². The minimum Gasteiger partial charge on any atom is -0.467 e. The summed E-state index contributed by atoms with van der Waals surface area (Å²) in [6.45, 7) is 5.15. The highest BCUT2D eigenvalue weighted by Gasteiger charge is 2.17. The molecule has 0 aliphatic heterocycles. The van der Waals surface area contributed by atoms with Crippen LogP contribution in [0, 0.1) is 0 Å². The lowest BCUT2D eigenvalue weighted by molar-refractivity contribution is -0.121. The quantitative estimate of drug-likeness (QED) is 0.561. The number of carbonyl (C=O) groups is 1. The molecular formula is C20H23ClN4O2S. The monoisotopic (exact) mass is 418 g/mol. The molecule has 0 aliphatic carbocycles. The third-order valence-corrected chi connectivity index (χ3v) is 5.26. The van der Waals surface area contributed by atoms with E-state index in [-0.39, 0.29) is 11.9 Å². The highest BCUT2D eigenvalue weighted by molar-refractivity contribution is 7.09. The summed E-state index contributed by atoms with van der Waals surface area (Å²) in [6, 6.07) is 11.6. The molecule has 0 spiro atoms. The summed E-state index contributed by atoms with van der Waals surface area (Å²) < 4.78 is 9.70. The van der Waals surface area contributed by atoms with Gasteiger partial charge in [0.05, 0.1) is 12.8 Å². The van der Waals surface area contributed by atoms with E-state index in [0.29, 0.717) is 31.0 Å². The summed E-state index contributed by atoms with van der Waals surface area (Å²) in [6.07, 6.45) is 2.63. The molecule has 8 heteroatoms. The number of anilines is 1. The predicted octanol–water partition coefficient (Wildman–Crippen LogP) is 4.30. The normalized spacial score (nSPS) is 11.0. The average Bonchev–Trinajstić information content (AvgIpc) is 3.34. The number of nitrogens with one attached hydrogen (secondary N) is 1. The van der Waals surface area contributed by atoms with Crippen molar-refractivity contribution < 1.29 is 9.21 Å². The summed E-state index contributed by atoms with van der Waals surface area (Å²) in [4.78, 5) is 18.9. The Bertz CT molecular complexity index is 878. The van der Waals surface area contributed by atoms with Crippen LogP contribution < -0.4 is 10.2 Å². The van der Waals surface area contributed by atoms with Crippen molar-refractivity contribution in [3.05, 3.63) is 64.8 Å². The number of hydrogen-bond donors (Lipinski definition) is 1. The van der Waals surface area contributed by atoms with E-state index >= 15 is 0 Å². The Balaban J connectivity index is 1.55. The van der Waals surface area contributed by atoms with Crippen LogP contribution in [0.25, 0.3) is 0 Å². The van der Waals surface area contributed by atoms with Crippen molar-refractivity contribution >= 4 is 34.2 Å². The molecule has 148 valence electrons. The molecule has 2 aromatic heterocycles. The Hall–Kier alpha value is -2.38. The van der Waals surface area contributed by atoms with Crippen molar-refractivity contribution in [1.82, 2.24) is 14.7 Å². The van der Waals surface area contributed by atoms with Crippen molar-refractivity contribution in [1.29, 1.82) is 0 Å². The fraction of sp³-hybridized carbons (Fsp3) is 0.350. The number of benzene rings is 1. The molecule has 0 unspecified atom stereocenters. The molecule has 3 aromatic rings. The molecule has 0 radical (unpaired) electrons. The van der Waals surface area contributed by atoms with E-state index in [9.17, 15) is 4.79 Å². The smallest absolute Gasteiger partial charge is 0.222 e. The molecule has 3 rings (SSSR count). The Morgan fingerprint density at radius 3 is 2.75 bits per heavy atom. The van der Waals surface area contributed by atoms with Gasteiger partial charge in [0.1, 0.15) is 11.6 Å². The van der Waals surface area contributed by atoms with Gasteiger partial charge in [-0.3, -0.25) is 4.79 Å². The minimum atomic E-state index is -0.0204. The van der Waals surface area contributed by atoms with Gasteiger partial charge >= 0.3 is 0 Å². The highest BCUT2D eigenvalue weighted by Crippen LogP contribution is 2.22. The second-order valence-corrected chi connectivity index (χ2v) is 7.86. The zero-order valence-corrected chi connectivity index (χ0v) is 17.5. The SMILES string of the molecule is CC(C)N(CCC(=O)NCc1ccco1)c1nc(Cc2ccc(Cl)cc2)ns1. The Kier molecular flexibility index (Phi) is 7.06. The van der Waals surface area contributed by atoms with Gasteiger partial charge in [0.15, 0.2) is 0 Å². The number of hydrogen-bond acceptors (Lipinski definition) is 6. The van der Waals surface area contributed by atoms with Crippen molar-refractivity contribution in [2.24, 2.45) is 0 Å². The number of amides is 1. The number of aromatic nitrogens is 2. The Morgan fingerprint density at radius 1 is 1.29 bits per heavy atom. The standard InChI is InChI=1S/C20H23ClN4O2S/c1-14(2)25(10-9-19(26)22-13-17-4-3-11-27-17)20-23-18(24-28-20)12-15-5-7-16(21)8-6-15/h3-8,11,14H,9-10,12-13H2,1-2H3,(H,22,26). The van der Waals surface area contributed by atoms with Crippen molar-refractivity contribution in [3.63, 3.8) is 0 Å². The van der Waals surface area contributed by atoms with Crippen LogP contribution in [-0.2, 0) is 17.8 Å². The van der Waals surface area contributed by atoms with E-state index in [1.807, 2.05) is 30.3 Å². The van der Waals surface area contributed by atoms with Crippen molar-refractivity contribution in [2.75, 3.05) is 11.4 Å². The van der Waals surface area contributed by atoms with E-state index in [0.717, 1.165) is 22.3 Å². The van der Waals surface area contributed by atoms with Crippen LogP contribution in [0.5, 0.6) is 0 Å². The number of furan rings is 1. The molecule has 1 N–H and O–H groups in total. The summed E-state index contributed by atoms with van der Waals surface area (Å²) in [7, 11) is 0. The lowest BCUT2D eigenvalue weighted by Gasteiger charge is -2.25. The molecule has 2 heterocycles. The maximum Gasteiger partial charge on any atom is 0.222 e. The first-order valence-electron chi connectivity index (χ1n) is 9.14. The first-order chi connectivity index (χ1) is 13.5. The number of rotatable bonds is 9. The summed E-state index contributed by atoms with van der Waals surface area (Å²) >= 11 is 7.30. The maximum absolute atomic E-state index is 12.1. The molecule has 6 nitrogen and oxygen atoms in total. The van der Waals surface area contributed by atoms with E-state index in [1.54, 1.807) is 12.3 Å². The van der Waals surface area contributed by atoms with E-state index in [4.69, 9.17) is 16.0 Å². The van der Waals surface area contributed by atoms with E-state index in [2.05, 4.69) is 33.4 Å². The third kappa shape index (κ3) is 5.81. The largest absolute Gasteiger partial charge is 0.467 e. The highest BCUT2D eigenvalue weighted by atomic mass is 35.5. The summed E-state index contributed by atoms with van der Waals surface area (Å²) in [5, 5.41) is 4.42. The van der Waals surface area contributed by atoms with E-state index < -0.39 is 0 Å². The second kappa shape index (κ2) is 9.71. The average molecular weight is 419 g/mol. The van der Waals surface area contributed by atoms with Gasteiger partial charge in [-0.15, -0.1) is 0 Å². The number of halogens is 1. The van der Waals surface area contributed by atoms with Crippen molar-refractivity contribution in [3.8, 4) is 0 Å². The summed E-state index contributed by atoms with van der Waals surface area (Å²) in [5.41, 5.74) is 1.11. The topological polar surface area (TPSA) is 71.3 Å². The van der Waals surface area contributed by atoms with Gasteiger partial charge in [0.25, 0.3) is 0 Å². The first kappa shape index (κ1) is 20.4. The lowest BCUT2D eigenvalue weighted by Crippen LogP contribution is -2.35. The van der Waals surface area contributed by atoms with Crippen LogP contribution in [0.4, 0.5) is 5.13 Å². The van der Waals surface area contributed by atoms with Gasteiger partial charge in [-0.05, 0) is 43.7 Å². The number of nitrogens with zero attached hydrogens (tertiary/aromatic N) is 3. The second-order valence-electron chi connectivity index (χ2n) is 6.69. The lowest BCUT2D eigenvalue weighted by atomic mass is 10.1. The molecule has 1 amide bonds. The van der Waals surface area contributed by atoms with Crippen LogP contribution >= 0.6 is 23.1 Å². The Labute approximate surface area is 173 Å². The fourth-order valence-electron chi connectivity index (χ4n) is 2.70. The van der Waals surface area contributed by atoms with Crippen LogP contribution in [0.1, 0.15) is 37.4 Å². The van der Waals surface area contributed by atoms with E-state index in [1.165, 1.54) is 11.5 Å². The molecule has 0 atom stereocenters. The van der Waals surface area contributed by atoms with Gasteiger partial charge in [-0.2, -0.15) is 4.37 Å². The van der Waals surface area contributed by atoms with Crippen LogP contribution in [0.3, 0.4) is 0 Å². The van der Waals surface area contributed by atoms with Crippen LogP contribution in [-0.4, -0.2) is 27.9 Å². The third-order valence-electron chi connectivity index (χ3n) is 4.22. The maximum atomic E-state index is 12.1. The first-order valence-corrected chi connectivity index (χ1v) is 10.3. The van der Waals surface area contributed by atoms with Gasteiger partial charge in [-0.1, -0.05) is 23.7 Å². The van der Waals surface area contributed by atoms with Gasteiger partial charge in [0.2, 0.25) is 11.0 Å². The van der Waals surface area contributed by atoms with Crippen LogP contribution in [0.2, 0.25) is 5.02 Å². The molecule has 0 saturated heterocycles. The molecule has 0 fully saturated rings. The fourth-order valence-corrected chi connectivity index (χ4v) is 3.67. The molecule has 0 bridgehead atoms. The molecule has 1 aromatic carbocycles. The number of carbonyl (C=O) groups excluding carboxylic acids is 1. The van der Waals surface area contributed by atoms with Gasteiger partial charge < -0.3 is 14.6 Å². The molecule has 0 saturated carbocycles. The van der Waals surface area contributed by atoms with Crippen LogP contribution in [0.15, 0.2) is 47.1 Å².